The number of carbonyl (C=O) groups is 2. The summed E-state index contributed by atoms with van der Waals surface area (Å²) in [6.07, 6.45) is 0.845. The van der Waals surface area contributed by atoms with Gasteiger partial charge in [-0.1, -0.05) is 62.4 Å². The first-order valence-corrected chi connectivity index (χ1v) is 9.96. The highest BCUT2D eigenvalue weighted by Gasteiger charge is 2.33. The first kappa shape index (κ1) is 22.7. The Bertz CT molecular complexity index is 1160. The summed E-state index contributed by atoms with van der Waals surface area (Å²) in [6.45, 7) is 3.48. The van der Waals surface area contributed by atoms with Gasteiger partial charge in [-0.15, -0.1) is 0 Å². The van der Waals surface area contributed by atoms with E-state index in [1.807, 2.05) is 36.4 Å². The minimum atomic E-state index is -1.12. The molecule has 0 aliphatic rings. The van der Waals surface area contributed by atoms with Gasteiger partial charge in [-0.3, -0.25) is 5.32 Å². The van der Waals surface area contributed by atoms with Crippen molar-refractivity contribution in [2.45, 2.75) is 20.0 Å². The van der Waals surface area contributed by atoms with Gasteiger partial charge < -0.3 is 19.7 Å². The van der Waals surface area contributed by atoms with Gasteiger partial charge in [0.25, 0.3) is 0 Å². The third-order valence-electron chi connectivity index (χ3n) is 5.09. The number of ether oxygens (including phenoxy) is 2. The molecule has 0 aliphatic carbocycles. The molecule has 0 saturated heterocycles. The summed E-state index contributed by atoms with van der Waals surface area (Å²) in [7, 11) is 1.43. The molecule has 3 N–H and O–H groups in total. The van der Waals surface area contributed by atoms with Crippen LogP contribution < -0.4 is 10.1 Å². The van der Waals surface area contributed by atoms with E-state index in [4.69, 9.17) is 14.6 Å². The summed E-state index contributed by atoms with van der Waals surface area (Å²) in [5.41, 5.74) is 0.162. The van der Waals surface area contributed by atoms with Crippen molar-refractivity contribution in [2.75, 3.05) is 12.4 Å². The molecule has 7 heteroatoms. The summed E-state index contributed by atoms with van der Waals surface area (Å²) in [5.74, 6) is -0.965. The number of hydrogen-bond acceptors (Lipinski definition) is 5. The van der Waals surface area contributed by atoms with E-state index in [0.717, 1.165) is 16.8 Å². The van der Waals surface area contributed by atoms with Crippen LogP contribution in [-0.2, 0) is 9.53 Å². The molecule has 0 aliphatic heterocycles. The van der Waals surface area contributed by atoms with Crippen LogP contribution in [-0.4, -0.2) is 29.4 Å². The molecule has 166 valence electrons. The van der Waals surface area contributed by atoms with Crippen LogP contribution in [0.15, 0.2) is 72.8 Å². The number of aromatic hydroxyl groups is 1. The zero-order chi connectivity index (χ0) is 23.3. The van der Waals surface area contributed by atoms with Gasteiger partial charge in [0.1, 0.15) is 6.10 Å². The molecule has 0 heterocycles. The monoisotopic (exact) mass is 435 g/mol. The smallest absolute Gasteiger partial charge is 0.412 e. The molecular weight excluding hydrogens is 410 g/mol. The van der Waals surface area contributed by atoms with Crippen LogP contribution >= 0.6 is 0 Å². The molecule has 1 atom stereocenters. The zero-order valence-electron chi connectivity index (χ0n) is 18.0. The predicted molar refractivity (Wildman–Crippen MR) is 122 cm³/mol. The Labute approximate surface area is 185 Å². The molecule has 1 amide bonds. The maximum Gasteiger partial charge on any atom is 0.412 e. The second kappa shape index (κ2) is 9.43. The number of fused-ring (bicyclic) bond motifs is 1. The van der Waals surface area contributed by atoms with E-state index in [-0.39, 0.29) is 11.5 Å². The number of hydrogen-bond donors (Lipinski definition) is 3. The number of benzene rings is 3. The van der Waals surface area contributed by atoms with E-state index in [1.54, 1.807) is 32.0 Å². The fourth-order valence-corrected chi connectivity index (χ4v) is 3.47. The van der Waals surface area contributed by atoms with E-state index >= 15 is 0 Å². The van der Waals surface area contributed by atoms with Gasteiger partial charge in [0.15, 0.2) is 11.5 Å². The molecule has 3 aromatic rings. The number of aliphatic carboxylic acids is 1. The van der Waals surface area contributed by atoms with Crippen molar-refractivity contribution in [3.63, 3.8) is 0 Å². The van der Waals surface area contributed by atoms with E-state index in [0.29, 0.717) is 11.3 Å². The minimum Gasteiger partial charge on any atom is -0.504 e. The Hall–Kier alpha value is -4.00. The van der Waals surface area contributed by atoms with Gasteiger partial charge in [-0.25, -0.2) is 9.59 Å². The molecule has 3 rings (SSSR count). The second-order valence-corrected chi connectivity index (χ2v) is 7.86. The van der Waals surface area contributed by atoms with E-state index in [9.17, 15) is 14.7 Å². The molecule has 3 aromatic carbocycles. The number of carboxylic acids is 1. The first-order chi connectivity index (χ1) is 15.2. The van der Waals surface area contributed by atoms with E-state index < -0.39 is 23.6 Å². The fourth-order valence-electron chi connectivity index (χ4n) is 3.47. The molecule has 0 saturated carbocycles. The fraction of sp³-hybridized carbons (Fsp3) is 0.200. The van der Waals surface area contributed by atoms with Gasteiger partial charge >= 0.3 is 12.1 Å². The van der Waals surface area contributed by atoms with Gasteiger partial charge in [0.2, 0.25) is 0 Å². The number of carbonyl (C=O) groups excluding carboxylic acids is 1. The molecular formula is C25H25NO6. The molecule has 0 fully saturated rings. The normalized spacial score (nSPS) is 12.5. The average Bonchev–Trinajstić information content (AvgIpc) is 2.76. The third kappa shape index (κ3) is 5.18. The van der Waals surface area contributed by atoms with Crippen molar-refractivity contribution in [1.29, 1.82) is 0 Å². The highest BCUT2D eigenvalue weighted by atomic mass is 16.6. The Balaban J connectivity index is 1.93. The standard InChI is InChI=1S/C25H25NO6/c1-25(2,14-13-22(28)29)23(17-11-12-21(31-3)20(27)15-17)32-24(30)26-19-10-6-8-16-7-4-5-9-18(16)19/h4-15,23,27H,1-3H3,(H,26,30)(H,28,29)/b14-13+/t23-/m0/s1. The van der Waals surface area contributed by atoms with Gasteiger partial charge in [0.05, 0.1) is 12.8 Å². The van der Waals surface area contributed by atoms with E-state index in [2.05, 4.69) is 5.32 Å². The van der Waals surface area contributed by atoms with Crippen molar-refractivity contribution >= 4 is 28.5 Å². The van der Waals surface area contributed by atoms with Crippen molar-refractivity contribution in [2.24, 2.45) is 5.41 Å². The van der Waals surface area contributed by atoms with Gasteiger partial charge in [0, 0.05) is 16.9 Å². The van der Waals surface area contributed by atoms with Crippen molar-refractivity contribution in [1.82, 2.24) is 0 Å². The summed E-state index contributed by atoms with van der Waals surface area (Å²) < 4.78 is 10.9. The van der Waals surface area contributed by atoms with Crippen molar-refractivity contribution in [3.8, 4) is 11.5 Å². The van der Waals surface area contributed by atoms with Crippen molar-refractivity contribution < 1.29 is 29.3 Å². The summed E-state index contributed by atoms with van der Waals surface area (Å²) in [5, 5.41) is 23.9. The highest BCUT2D eigenvalue weighted by Crippen LogP contribution is 2.41. The summed E-state index contributed by atoms with van der Waals surface area (Å²) in [4.78, 5) is 23.9. The van der Waals surface area contributed by atoms with Crippen LogP contribution in [0.1, 0.15) is 25.5 Å². The lowest BCUT2D eigenvalue weighted by molar-refractivity contribution is -0.131. The van der Waals surface area contributed by atoms with E-state index in [1.165, 1.54) is 19.3 Å². The van der Waals surface area contributed by atoms with Crippen LogP contribution in [0.2, 0.25) is 0 Å². The largest absolute Gasteiger partial charge is 0.504 e. The Kier molecular flexibility index (Phi) is 6.68. The summed E-state index contributed by atoms with van der Waals surface area (Å²) >= 11 is 0. The molecule has 7 nitrogen and oxygen atoms in total. The van der Waals surface area contributed by atoms with Crippen LogP contribution in [0.3, 0.4) is 0 Å². The van der Waals surface area contributed by atoms with Gasteiger partial charge in [-0.2, -0.15) is 0 Å². The molecule has 0 aromatic heterocycles. The number of phenolic OH excluding ortho intramolecular Hbond substituents is 1. The quantitative estimate of drug-likeness (QED) is 0.423. The number of rotatable bonds is 7. The lowest BCUT2D eigenvalue weighted by Gasteiger charge is -2.31. The number of anilines is 1. The number of nitrogens with one attached hydrogen (secondary N) is 1. The third-order valence-corrected chi connectivity index (χ3v) is 5.09. The lowest BCUT2D eigenvalue weighted by Crippen LogP contribution is -2.28. The van der Waals surface area contributed by atoms with Gasteiger partial charge in [-0.05, 0) is 29.1 Å². The van der Waals surface area contributed by atoms with Crippen LogP contribution in [0.5, 0.6) is 11.5 Å². The molecule has 0 bridgehead atoms. The highest BCUT2D eigenvalue weighted by molar-refractivity contribution is 6.00. The van der Waals surface area contributed by atoms with Crippen molar-refractivity contribution in [3.05, 3.63) is 78.4 Å². The molecule has 0 unspecified atom stereocenters. The van der Waals surface area contributed by atoms with Crippen LogP contribution in [0, 0.1) is 5.41 Å². The lowest BCUT2D eigenvalue weighted by atomic mass is 9.82. The number of carboxylic acid groups (broad SMARTS) is 1. The molecule has 0 spiro atoms. The Morgan fingerprint density at radius 2 is 1.78 bits per heavy atom. The Morgan fingerprint density at radius 3 is 2.47 bits per heavy atom. The topological polar surface area (TPSA) is 105 Å². The van der Waals surface area contributed by atoms with Crippen LogP contribution in [0.4, 0.5) is 10.5 Å². The SMILES string of the molecule is COc1ccc([C@H](OC(=O)Nc2cccc3ccccc23)C(C)(C)/C=C/C(=O)O)cc1O. The first-order valence-electron chi connectivity index (χ1n) is 9.96. The maximum absolute atomic E-state index is 12.9. The zero-order valence-corrected chi connectivity index (χ0v) is 18.0. The molecule has 0 radical (unpaired) electrons. The summed E-state index contributed by atoms with van der Waals surface area (Å²) in [6, 6.07) is 17.8. The van der Waals surface area contributed by atoms with Crippen LogP contribution in [0.25, 0.3) is 10.8 Å². The number of phenols is 1. The maximum atomic E-state index is 12.9. The average molecular weight is 435 g/mol. The molecule has 32 heavy (non-hydrogen) atoms. The Morgan fingerprint density at radius 1 is 1.06 bits per heavy atom. The number of methoxy groups -OCH3 is 1. The predicted octanol–water partition coefficient (Wildman–Crippen LogP) is 5.51. The minimum absolute atomic E-state index is 0.119. The second-order valence-electron chi connectivity index (χ2n) is 7.86. The number of amides is 1.